The Balaban J connectivity index is 2.15. The number of carbonyl (C=O) groups is 2. The summed E-state index contributed by atoms with van der Waals surface area (Å²) < 4.78 is 10.2. The molecule has 0 saturated heterocycles. The first-order valence-corrected chi connectivity index (χ1v) is 9.11. The average Bonchev–Trinajstić information content (AvgIpc) is 2.74. The first-order chi connectivity index (χ1) is 14.1. The van der Waals surface area contributed by atoms with Gasteiger partial charge in [-0.1, -0.05) is 0 Å². The number of anilines is 2. The molecule has 0 spiro atoms. The Bertz CT molecular complexity index is 1100. The molecule has 1 aromatic heterocycles. The SMILES string of the molecule is CCOC(=O)c1ccc2ncc(C(=O)OCC)c(Nc3ccc(C#N)cc3)c2c1. The van der Waals surface area contributed by atoms with Crippen LogP contribution in [0.4, 0.5) is 11.4 Å². The molecule has 1 N–H and O–H groups in total. The molecule has 0 radical (unpaired) electrons. The molecule has 0 aliphatic heterocycles. The van der Waals surface area contributed by atoms with Crippen molar-refractivity contribution in [2.24, 2.45) is 0 Å². The van der Waals surface area contributed by atoms with E-state index in [-0.39, 0.29) is 18.8 Å². The number of nitrogens with one attached hydrogen (secondary N) is 1. The third-order valence-corrected chi connectivity index (χ3v) is 4.16. The van der Waals surface area contributed by atoms with Crippen molar-refractivity contribution in [3.63, 3.8) is 0 Å². The van der Waals surface area contributed by atoms with E-state index < -0.39 is 11.9 Å². The minimum Gasteiger partial charge on any atom is -0.462 e. The van der Waals surface area contributed by atoms with Crippen molar-refractivity contribution in [3.8, 4) is 6.07 Å². The number of rotatable bonds is 6. The van der Waals surface area contributed by atoms with E-state index >= 15 is 0 Å². The van der Waals surface area contributed by atoms with Crippen molar-refractivity contribution in [1.82, 2.24) is 4.98 Å². The van der Waals surface area contributed by atoms with E-state index in [1.54, 1.807) is 56.3 Å². The average molecular weight is 389 g/mol. The third kappa shape index (κ3) is 4.33. The fourth-order valence-corrected chi connectivity index (χ4v) is 2.80. The number of nitriles is 1. The van der Waals surface area contributed by atoms with E-state index in [0.29, 0.717) is 33.4 Å². The number of fused-ring (bicyclic) bond motifs is 1. The first-order valence-electron chi connectivity index (χ1n) is 9.11. The van der Waals surface area contributed by atoms with Gasteiger partial charge in [-0.15, -0.1) is 0 Å². The summed E-state index contributed by atoms with van der Waals surface area (Å²) in [7, 11) is 0. The van der Waals surface area contributed by atoms with Gasteiger partial charge in [0.15, 0.2) is 0 Å². The van der Waals surface area contributed by atoms with Gasteiger partial charge in [-0.2, -0.15) is 5.26 Å². The van der Waals surface area contributed by atoms with Crippen LogP contribution >= 0.6 is 0 Å². The molecule has 0 fully saturated rings. The Morgan fingerprint density at radius 3 is 2.38 bits per heavy atom. The smallest absolute Gasteiger partial charge is 0.341 e. The van der Waals surface area contributed by atoms with E-state index in [4.69, 9.17) is 14.7 Å². The number of carbonyl (C=O) groups excluding carboxylic acids is 2. The molecule has 0 aliphatic carbocycles. The van der Waals surface area contributed by atoms with Gasteiger partial charge in [0.1, 0.15) is 5.56 Å². The van der Waals surface area contributed by atoms with Crippen molar-refractivity contribution in [3.05, 3.63) is 65.4 Å². The van der Waals surface area contributed by atoms with E-state index in [0.717, 1.165) is 0 Å². The highest BCUT2D eigenvalue weighted by Gasteiger charge is 2.18. The second kappa shape index (κ2) is 8.85. The van der Waals surface area contributed by atoms with Gasteiger partial charge in [0.25, 0.3) is 0 Å². The van der Waals surface area contributed by atoms with Gasteiger partial charge in [-0.05, 0) is 56.3 Å². The fourth-order valence-electron chi connectivity index (χ4n) is 2.80. The zero-order valence-electron chi connectivity index (χ0n) is 16.1. The minimum absolute atomic E-state index is 0.218. The molecule has 3 rings (SSSR count). The van der Waals surface area contributed by atoms with E-state index in [1.165, 1.54) is 6.20 Å². The van der Waals surface area contributed by atoms with E-state index in [1.807, 2.05) is 0 Å². The number of pyridine rings is 1. The number of ether oxygens (including phenoxy) is 2. The molecule has 0 atom stereocenters. The molecule has 146 valence electrons. The van der Waals surface area contributed by atoms with E-state index in [2.05, 4.69) is 16.4 Å². The number of hydrogen-bond acceptors (Lipinski definition) is 7. The standard InChI is InChI=1S/C22H19N3O4/c1-3-28-21(26)15-7-10-19-17(11-15)20(18(13-24-19)22(27)29-4-2)25-16-8-5-14(12-23)6-9-16/h5-11,13H,3-4H2,1-2H3,(H,24,25). The summed E-state index contributed by atoms with van der Waals surface area (Å²) in [5.74, 6) is -0.986. The second-order valence-electron chi connectivity index (χ2n) is 6.03. The van der Waals surface area contributed by atoms with E-state index in [9.17, 15) is 9.59 Å². The van der Waals surface area contributed by atoms with Crippen LogP contribution in [0.2, 0.25) is 0 Å². The lowest BCUT2D eigenvalue weighted by Crippen LogP contribution is -2.10. The van der Waals surface area contributed by atoms with Crippen LogP contribution in [0.15, 0.2) is 48.7 Å². The highest BCUT2D eigenvalue weighted by atomic mass is 16.5. The fraction of sp³-hybridized carbons (Fsp3) is 0.182. The van der Waals surface area contributed by atoms with Gasteiger partial charge < -0.3 is 14.8 Å². The van der Waals surface area contributed by atoms with Crippen molar-refractivity contribution >= 4 is 34.2 Å². The van der Waals surface area contributed by atoms with Crippen molar-refractivity contribution in [2.45, 2.75) is 13.8 Å². The Morgan fingerprint density at radius 1 is 1.03 bits per heavy atom. The largest absolute Gasteiger partial charge is 0.462 e. The van der Waals surface area contributed by atoms with Crippen molar-refractivity contribution in [1.29, 1.82) is 5.26 Å². The molecule has 7 heteroatoms. The number of benzene rings is 2. The Hall–Kier alpha value is -3.92. The summed E-state index contributed by atoms with van der Waals surface area (Å²) in [6.07, 6.45) is 1.44. The zero-order valence-corrected chi connectivity index (χ0v) is 16.1. The molecule has 29 heavy (non-hydrogen) atoms. The molecule has 1 heterocycles. The maximum atomic E-state index is 12.5. The molecule has 0 saturated carbocycles. The van der Waals surface area contributed by atoms with Gasteiger partial charge in [-0.25, -0.2) is 9.59 Å². The monoisotopic (exact) mass is 389 g/mol. The van der Waals surface area contributed by atoms with Gasteiger partial charge in [-0.3, -0.25) is 4.98 Å². The topological polar surface area (TPSA) is 101 Å². The third-order valence-electron chi connectivity index (χ3n) is 4.16. The summed E-state index contributed by atoms with van der Waals surface area (Å²) in [5.41, 5.74) is 2.84. The van der Waals surface area contributed by atoms with Gasteiger partial charge >= 0.3 is 11.9 Å². The molecular formula is C22H19N3O4. The van der Waals surface area contributed by atoms with Crippen LogP contribution < -0.4 is 5.32 Å². The van der Waals surface area contributed by atoms with Crippen LogP contribution in [-0.4, -0.2) is 30.1 Å². The molecular weight excluding hydrogens is 370 g/mol. The quantitative estimate of drug-likeness (QED) is 0.630. The molecule has 0 unspecified atom stereocenters. The summed E-state index contributed by atoms with van der Waals surface area (Å²) >= 11 is 0. The lowest BCUT2D eigenvalue weighted by atomic mass is 10.1. The molecule has 3 aromatic rings. The van der Waals surface area contributed by atoms with Crippen LogP contribution in [0.25, 0.3) is 10.9 Å². The summed E-state index contributed by atoms with van der Waals surface area (Å²) in [5, 5.41) is 12.8. The highest BCUT2D eigenvalue weighted by Crippen LogP contribution is 2.31. The van der Waals surface area contributed by atoms with Crippen molar-refractivity contribution < 1.29 is 19.1 Å². The number of aromatic nitrogens is 1. The maximum absolute atomic E-state index is 12.5. The molecule has 7 nitrogen and oxygen atoms in total. The Morgan fingerprint density at radius 2 is 1.72 bits per heavy atom. The number of hydrogen-bond donors (Lipinski definition) is 1. The molecule has 0 aliphatic rings. The van der Waals surface area contributed by atoms with Crippen LogP contribution in [-0.2, 0) is 9.47 Å². The van der Waals surface area contributed by atoms with Crippen LogP contribution in [0.3, 0.4) is 0 Å². The molecule has 0 bridgehead atoms. The minimum atomic E-state index is -0.528. The first kappa shape index (κ1) is 19.8. The lowest BCUT2D eigenvalue weighted by Gasteiger charge is -2.15. The normalized spacial score (nSPS) is 10.2. The summed E-state index contributed by atoms with van der Waals surface area (Å²) in [4.78, 5) is 29.0. The lowest BCUT2D eigenvalue weighted by molar-refractivity contribution is 0.0518. The Labute approximate surface area is 167 Å². The predicted octanol–water partition coefficient (Wildman–Crippen LogP) is 4.20. The number of nitrogens with zero attached hydrogens (tertiary/aromatic N) is 2. The van der Waals surface area contributed by atoms with Crippen LogP contribution in [0.5, 0.6) is 0 Å². The number of esters is 2. The summed E-state index contributed by atoms with van der Waals surface area (Å²) in [6, 6.07) is 13.8. The predicted molar refractivity (Wildman–Crippen MR) is 108 cm³/mol. The summed E-state index contributed by atoms with van der Waals surface area (Å²) in [6.45, 7) is 3.93. The van der Waals surface area contributed by atoms with Crippen LogP contribution in [0.1, 0.15) is 40.1 Å². The van der Waals surface area contributed by atoms with Gasteiger partial charge in [0, 0.05) is 17.3 Å². The van der Waals surface area contributed by atoms with Crippen molar-refractivity contribution in [2.75, 3.05) is 18.5 Å². The van der Waals surface area contributed by atoms with Crippen LogP contribution in [0, 0.1) is 11.3 Å². The second-order valence-corrected chi connectivity index (χ2v) is 6.03. The maximum Gasteiger partial charge on any atom is 0.341 e. The van der Waals surface area contributed by atoms with Gasteiger partial charge in [0.2, 0.25) is 0 Å². The highest BCUT2D eigenvalue weighted by molar-refractivity contribution is 6.07. The van der Waals surface area contributed by atoms with Gasteiger partial charge in [0.05, 0.1) is 41.6 Å². The molecule has 2 aromatic carbocycles. The Kier molecular flexibility index (Phi) is 6.05. The molecule has 0 amide bonds. The zero-order chi connectivity index (χ0) is 20.8.